The minimum Gasteiger partial charge on any atom is -0.464 e. The van der Waals surface area contributed by atoms with Gasteiger partial charge in [0.25, 0.3) is 0 Å². The second kappa shape index (κ2) is 15.7. The summed E-state index contributed by atoms with van der Waals surface area (Å²) < 4.78 is 11.6. The van der Waals surface area contributed by atoms with Gasteiger partial charge in [-0.05, 0) is 49.9 Å². The molecule has 0 bridgehead atoms. The van der Waals surface area contributed by atoms with Crippen molar-refractivity contribution in [3.05, 3.63) is 0 Å². The molecule has 0 aromatic rings. The van der Waals surface area contributed by atoms with Gasteiger partial charge >= 0.3 is 12.1 Å². The lowest BCUT2D eigenvalue weighted by Crippen LogP contribution is -2.54. The molecule has 2 aliphatic rings. The molecule has 0 heterocycles. The van der Waals surface area contributed by atoms with Crippen LogP contribution in [0.3, 0.4) is 0 Å². The lowest BCUT2D eigenvalue weighted by Gasteiger charge is -2.37. The summed E-state index contributed by atoms with van der Waals surface area (Å²) >= 11 is 0. The van der Waals surface area contributed by atoms with Gasteiger partial charge in [-0.15, -0.1) is 0 Å². The van der Waals surface area contributed by atoms with E-state index in [0.717, 1.165) is 38.5 Å². The number of ether oxygens (including phenoxy) is 2. The highest BCUT2D eigenvalue weighted by atomic mass is 16.6. The van der Waals surface area contributed by atoms with E-state index in [1.165, 1.54) is 57.8 Å². The largest absolute Gasteiger partial charge is 0.464 e. The second-order valence-corrected chi connectivity index (χ2v) is 11.5. The average molecular weight is 480 g/mol. The Bertz CT molecular complexity index is 585. The number of amides is 1. The molecule has 2 aliphatic carbocycles. The Labute approximate surface area is 209 Å². The number of hydrogen-bond donors (Lipinski definition) is 1. The first-order valence-electron chi connectivity index (χ1n) is 14.5. The van der Waals surface area contributed by atoms with Crippen molar-refractivity contribution in [1.29, 1.82) is 0 Å². The van der Waals surface area contributed by atoms with Crippen molar-refractivity contribution in [3.63, 3.8) is 0 Å². The average Bonchev–Trinajstić information content (AvgIpc) is 3.26. The first-order chi connectivity index (χ1) is 16.4. The fraction of sp³-hybridized carbons (Fsp3) is 0.931. The van der Waals surface area contributed by atoms with E-state index >= 15 is 0 Å². The third kappa shape index (κ3) is 9.77. The van der Waals surface area contributed by atoms with Gasteiger partial charge in [-0.3, -0.25) is 0 Å². The fourth-order valence-corrected chi connectivity index (χ4v) is 5.86. The van der Waals surface area contributed by atoms with E-state index in [1.807, 2.05) is 0 Å². The molecule has 0 aliphatic heterocycles. The summed E-state index contributed by atoms with van der Waals surface area (Å²) in [7, 11) is 0. The van der Waals surface area contributed by atoms with E-state index in [1.54, 1.807) is 0 Å². The Kier molecular flexibility index (Phi) is 13.4. The zero-order valence-corrected chi connectivity index (χ0v) is 22.7. The highest BCUT2D eigenvalue weighted by Gasteiger charge is 2.45. The Morgan fingerprint density at radius 2 is 1.50 bits per heavy atom. The molecule has 0 spiro atoms. The lowest BCUT2D eigenvalue weighted by atomic mass is 9.75. The lowest BCUT2D eigenvalue weighted by molar-refractivity contribution is -0.151. The van der Waals surface area contributed by atoms with Gasteiger partial charge in [0.05, 0.1) is 6.61 Å². The topological polar surface area (TPSA) is 64.6 Å². The molecular weight excluding hydrogens is 426 g/mol. The summed E-state index contributed by atoms with van der Waals surface area (Å²) in [6.45, 7) is 9.34. The first-order valence-corrected chi connectivity index (χ1v) is 14.5. The van der Waals surface area contributed by atoms with Crippen LogP contribution in [0.25, 0.3) is 0 Å². The number of hydrogen-bond acceptors (Lipinski definition) is 4. The standard InChI is InChI=1S/C29H53NO4/c1-5-6-7-8-9-10-11-12-13-16-21-33-27(31)29(19-14-15-20-29)30-28(32)34-26-22-24(4)17-18-25(26)23(2)3/h23-26H,5-22H2,1-4H3,(H,30,32). The minimum atomic E-state index is -0.900. The van der Waals surface area contributed by atoms with Crippen LogP contribution < -0.4 is 5.32 Å². The molecule has 3 atom stereocenters. The molecule has 5 heteroatoms. The maximum atomic E-state index is 13.0. The van der Waals surface area contributed by atoms with Gasteiger partial charge in [0.2, 0.25) is 0 Å². The normalized spacial score (nSPS) is 24.2. The molecule has 0 saturated heterocycles. The van der Waals surface area contributed by atoms with Gasteiger partial charge in [0.15, 0.2) is 0 Å². The quantitative estimate of drug-likeness (QED) is 0.191. The first kappa shape index (κ1) is 29.0. The highest BCUT2D eigenvalue weighted by molar-refractivity contribution is 5.86. The Morgan fingerprint density at radius 3 is 2.09 bits per heavy atom. The SMILES string of the molecule is CCCCCCCCCCCCOC(=O)C1(NC(=O)OC2CC(C)CCC2C(C)C)CCCC1. The third-order valence-corrected chi connectivity index (χ3v) is 8.14. The number of unbranched alkanes of at least 4 members (excludes halogenated alkanes) is 9. The summed E-state index contributed by atoms with van der Waals surface area (Å²) in [4.78, 5) is 25.9. The monoisotopic (exact) mass is 479 g/mol. The van der Waals surface area contributed by atoms with E-state index in [-0.39, 0.29) is 12.1 Å². The van der Waals surface area contributed by atoms with Crippen molar-refractivity contribution < 1.29 is 19.1 Å². The van der Waals surface area contributed by atoms with Gasteiger partial charge in [0, 0.05) is 0 Å². The van der Waals surface area contributed by atoms with Crippen molar-refractivity contribution >= 4 is 12.1 Å². The molecule has 0 aromatic carbocycles. The van der Waals surface area contributed by atoms with E-state index < -0.39 is 11.6 Å². The predicted molar refractivity (Wildman–Crippen MR) is 139 cm³/mol. The molecule has 2 rings (SSSR count). The van der Waals surface area contributed by atoms with Gasteiger partial charge in [-0.2, -0.15) is 0 Å². The third-order valence-electron chi connectivity index (χ3n) is 8.14. The van der Waals surface area contributed by atoms with Crippen LogP contribution in [-0.4, -0.2) is 30.3 Å². The molecule has 1 N–H and O–H groups in total. The Balaban J connectivity index is 1.70. The maximum Gasteiger partial charge on any atom is 0.408 e. The molecule has 0 aromatic heterocycles. The van der Waals surface area contributed by atoms with Crippen molar-refractivity contribution in [2.45, 2.75) is 148 Å². The Hall–Kier alpha value is -1.26. The summed E-state index contributed by atoms with van der Waals surface area (Å²) in [6, 6.07) is 0. The molecule has 1 amide bonds. The van der Waals surface area contributed by atoms with E-state index in [9.17, 15) is 9.59 Å². The van der Waals surface area contributed by atoms with Crippen LogP contribution in [0.5, 0.6) is 0 Å². The molecule has 2 saturated carbocycles. The number of carbonyl (C=O) groups excluding carboxylic acids is 2. The van der Waals surface area contributed by atoms with E-state index in [4.69, 9.17) is 9.47 Å². The predicted octanol–water partition coefficient (Wildman–Crippen LogP) is 7.95. The van der Waals surface area contributed by atoms with Crippen molar-refractivity contribution in [2.24, 2.45) is 17.8 Å². The number of alkyl carbamates (subject to hydrolysis) is 1. The van der Waals surface area contributed by atoms with Crippen LogP contribution in [0.2, 0.25) is 0 Å². The number of nitrogens with one attached hydrogen (secondary N) is 1. The van der Waals surface area contributed by atoms with Gasteiger partial charge in [0.1, 0.15) is 11.6 Å². The van der Waals surface area contributed by atoms with E-state index in [0.29, 0.717) is 37.2 Å². The zero-order chi connectivity index (χ0) is 24.8. The zero-order valence-electron chi connectivity index (χ0n) is 22.7. The summed E-state index contributed by atoms with van der Waals surface area (Å²) in [5, 5.41) is 2.97. The summed E-state index contributed by atoms with van der Waals surface area (Å²) in [6.07, 6.45) is 18.4. The molecule has 198 valence electrons. The summed E-state index contributed by atoms with van der Waals surface area (Å²) in [5.74, 6) is 1.18. The molecular formula is C29H53NO4. The molecule has 5 nitrogen and oxygen atoms in total. The van der Waals surface area contributed by atoms with Gasteiger partial charge < -0.3 is 14.8 Å². The fourth-order valence-electron chi connectivity index (χ4n) is 5.86. The van der Waals surface area contributed by atoms with Crippen LogP contribution >= 0.6 is 0 Å². The van der Waals surface area contributed by atoms with Crippen molar-refractivity contribution in [2.75, 3.05) is 6.61 Å². The number of esters is 1. The van der Waals surface area contributed by atoms with Gasteiger partial charge in [-0.1, -0.05) is 105 Å². The van der Waals surface area contributed by atoms with Crippen LogP contribution in [0.1, 0.15) is 137 Å². The summed E-state index contributed by atoms with van der Waals surface area (Å²) in [5.41, 5.74) is -0.900. The maximum absolute atomic E-state index is 13.0. The van der Waals surface area contributed by atoms with Crippen LogP contribution in [0, 0.1) is 17.8 Å². The van der Waals surface area contributed by atoms with E-state index in [2.05, 4.69) is 33.0 Å². The molecule has 2 fully saturated rings. The smallest absolute Gasteiger partial charge is 0.408 e. The van der Waals surface area contributed by atoms with Gasteiger partial charge in [-0.25, -0.2) is 9.59 Å². The number of rotatable bonds is 15. The van der Waals surface area contributed by atoms with Crippen LogP contribution in [0.4, 0.5) is 4.79 Å². The van der Waals surface area contributed by atoms with Crippen LogP contribution in [-0.2, 0) is 14.3 Å². The molecule has 3 unspecified atom stereocenters. The molecule has 0 radical (unpaired) electrons. The number of carbonyl (C=O) groups is 2. The van der Waals surface area contributed by atoms with Crippen LogP contribution in [0.15, 0.2) is 0 Å². The highest BCUT2D eigenvalue weighted by Crippen LogP contribution is 2.36. The Morgan fingerprint density at radius 1 is 0.912 bits per heavy atom. The van der Waals surface area contributed by atoms with Crippen molar-refractivity contribution in [3.8, 4) is 0 Å². The van der Waals surface area contributed by atoms with Crippen molar-refractivity contribution in [1.82, 2.24) is 5.32 Å². The minimum absolute atomic E-state index is 0.0649. The molecule has 34 heavy (non-hydrogen) atoms. The second-order valence-electron chi connectivity index (χ2n) is 11.5.